The number of hydrogen-bond donors (Lipinski definition) is 0. The van der Waals surface area contributed by atoms with Gasteiger partial charge in [-0.3, -0.25) is 9.59 Å². The highest BCUT2D eigenvalue weighted by Crippen LogP contribution is 2.72. The monoisotopic (exact) mass is 282 g/mol. The fourth-order valence-corrected chi connectivity index (χ4v) is 4.63. The van der Waals surface area contributed by atoms with E-state index >= 15 is 0 Å². The van der Waals surface area contributed by atoms with Gasteiger partial charge < -0.3 is 14.2 Å². The third-order valence-corrected chi connectivity index (χ3v) is 5.56. The van der Waals surface area contributed by atoms with Crippen molar-refractivity contribution in [3.63, 3.8) is 0 Å². The third-order valence-electron chi connectivity index (χ3n) is 5.56. The van der Waals surface area contributed by atoms with Crippen LogP contribution in [-0.2, 0) is 23.8 Å². The Morgan fingerprint density at radius 3 is 2.00 bits per heavy atom. The summed E-state index contributed by atoms with van der Waals surface area (Å²) in [5, 5.41) is 0. The Labute approximate surface area is 118 Å². The van der Waals surface area contributed by atoms with Crippen LogP contribution >= 0.6 is 0 Å². The molecule has 1 aliphatic heterocycles. The lowest BCUT2D eigenvalue weighted by molar-refractivity contribution is -0.186. The SMILES string of the molecule is CCOC(=O)C1(C(=O)OCC)C2CC(C3OC32)C1(C)C. The van der Waals surface area contributed by atoms with E-state index in [0.717, 1.165) is 6.42 Å². The van der Waals surface area contributed by atoms with Gasteiger partial charge in [0.15, 0.2) is 5.41 Å². The van der Waals surface area contributed by atoms with Crippen LogP contribution in [0, 0.1) is 22.7 Å². The van der Waals surface area contributed by atoms with E-state index in [1.165, 1.54) is 0 Å². The third kappa shape index (κ3) is 1.37. The van der Waals surface area contributed by atoms with Crippen LogP contribution in [0.3, 0.4) is 0 Å². The molecular formula is C15H22O5. The highest BCUT2D eigenvalue weighted by molar-refractivity contribution is 6.02. The second-order valence-corrected chi connectivity index (χ2v) is 6.48. The number of esters is 2. The second-order valence-electron chi connectivity index (χ2n) is 6.48. The first kappa shape index (κ1) is 13.9. The summed E-state index contributed by atoms with van der Waals surface area (Å²) < 4.78 is 16.2. The van der Waals surface area contributed by atoms with E-state index in [2.05, 4.69) is 0 Å². The lowest BCUT2D eigenvalue weighted by Gasteiger charge is -2.43. The van der Waals surface area contributed by atoms with Crippen LogP contribution in [-0.4, -0.2) is 37.4 Å². The van der Waals surface area contributed by atoms with Gasteiger partial charge in [-0.25, -0.2) is 0 Å². The minimum atomic E-state index is -1.21. The Hall–Kier alpha value is -1.10. The van der Waals surface area contributed by atoms with E-state index in [-0.39, 0.29) is 37.3 Å². The van der Waals surface area contributed by atoms with Gasteiger partial charge >= 0.3 is 11.9 Å². The first-order valence-corrected chi connectivity index (χ1v) is 7.42. The molecule has 0 radical (unpaired) electrons. The van der Waals surface area contributed by atoms with Crippen LogP contribution < -0.4 is 0 Å². The molecule has 0 aromatic carbocycles. The van der Waals surface area contributed by atoms with Crippen molar-refractivity contribution >= 4 is 11.9 Å². The summed E-state index contributed by atoms with van der Waals surface area (Å²) >= 11 is 0. The van der Waals surface area contributed by atoms with Gasteiger partial charge in [0.1, 0.15) is 0 Å². The summed E-state index contributed by atoms with van der Waals surface area (Å²) in [5.74, 6) is -0.758. The van der Waals surface area contributed by atoms with E-state index in [1.807, 2.05) is 13.8 Å². The molecule has 2 aliphatic carbocycles. The van der Waals surface area contributed by atoms with Crippen LogP contribution in [0.25, 0.3) is 0 Å². The van der Waals surface area contributed by atoms with Gasteiger partial charge in [0.05, 0.1) is 25.4 Å². The van der Waals surface area contributed by atoms with Crippen molar-refractivity contribution in [2.75, 3.05) is 13.2 Å². The largest absolute Gasteiger partial charge is 0.465 e. The quantitative estimate of drug-likeness (QED) is 0.444. The maximum absolute atomic E-state index is 12.7. The zero-order valence-corrected chi connectivity index (χ0v) is 12.5. The van der Waals surface area contributed by atoms with Gasteiger partial charge in [-0.05, 0) is 31.6 Å². The first-order valence-electron chi connectivity index (χ1n) is 7.42. The number of carbonyl (C=O) groups excluding carboxylic acids is 2. The Balaban J connectivity index is 2.06. The van der Waals surface area contributed by atoms with Gasteiger partial charge in [-0.15, -0.1) is 0 Å². The van der Waals surface area contributed by atoms with Gasteiger partial charge in [-0.2, -0.15) is 0 Å². The Morgan fingerprint density at radius 2 is 1.55 bits per heavy atom. The highest BCUT2D eigenvalue weighted by atomic mass is 16.6. The number of ether oxygens (including phenoxy) is 3. The normalized spacial score (nSPS) is 38.2. The maximum Gasteiger partial charge on any atom is 0.324 e. The lowest BCUT2D eigenvalue weighted by atomic mass is 9.57. The zero-order valence-electron chi connectivity index (χ0n) is 12.5. The van der Waals surface area contributed by atoms with Crippen molar-refractivity contribution in [1.82, 2.24) is 0 Å². The number of epoxide rings is 1. The summed E-state index contributed by atoms with van der Waals surface area (Å²) in [6.45, 7) is 8.00. The van der Waals surface area contributed by atoms with Gasteiger partial charge in [0.25, 0.3) is 0 Å². The van der Waals surface area contributed by atoms with Crippen molar-refractivity contribution in [3.8, 4) is 0 Å². The Bertz CT molecular complexity index is 437. The molecule has 20 heavy (non-hydrogen) atoms. The molecule has 0 spiro atoms. The molecule has 3 aliphatic rings. The summed E-state index contributed by atoms with van der Waals surface area (Å²) in [7, 11) is 0. The fraction of sp³-hybridized carbons (Fsp3) is 0.867. The molecule has 2 saturated carbocycles. The molecule has 4 unspecified atom stereocenters. The molecule has 112 valence electrons. The van der Waals surface area contributed by atoms with Crippen molar-refractivity contribution < 1.29 is 23.8 Å². The van der Waals surface area contributed by atoms with E-state index in [9.17, 15) is 9.59 Å². The van der Waals surface area contributed by atoms with Gasteiger partial charge in [0, 0.05) is 5.92 Å². The fourth-order valence-electron chi connectivity index (χ4n) is 4.63. The van der Waals surface area contributed by atoms with Crippen LogP contribution in [0.1, 0.15) is 34.1 Å². The minimum Gasteiger partial charge on any atom is -0.465 e. The van der Waals surface area contributed by atoms with Crippen molar-refractivity contribution in [2.45, 2.75) is 46.3 Å². The molecule has 3 rings (SSSR count). The van der Waals surface area contributed by atoms with E-state index < -0.39 is 22.8 Å². The molecule has 0 aromatic heterocycles. The smallest absolute Gasteiger partial charge is 0.324 e. The molecule has 5 heteroatoms. The van der Waals surface area contributed by atoms with Crippen LogP contribution in [0.4, 0.5) is 0 Å². The molecule has 3 fully saturated rings. The molecule has 0 N–H and O–H groups in total. The van der Waals surface area contributed by atoms with E-state index in [4.69, 9.17) is 14.2 Å². The van der Waals surface area contributed by atoms with Crippen molar-refractivity contribution in [2.24, 2.45) is 22.7 Å². The summed E-state index contributed by atoms with van der Waals surface area (Å²) in [6.07, 6.45) is 1.09. The van der Waals surface area contributed by atoms with Crippen LogP contribution in [0.5, 0.6) is 0 Å². The number of fused-ring (bicyclic) bond motifs is 5. The first-order chi connectivity index (χ1) is 9.42. The number of carbonyl (C=O) groups is 2. The average Bonchev–Trinajstić information content (AvgIpc) is 3.01. The van der Waals surface area contributed by atoms with E-state index in [0.29, 0.717) is 0 Å². The van der Waals surface area contributed by atoms with Crippen LogP contribution in [0.15, 0.2) is 0 Å². The van der Waals surface area contributed by atoms with Crippen molar-refractivity contribution in [1.29, 1.82) is 0 Å². The average molecular weight is 282 g/mol. The van der Waals surface area contributed by atoms with Crippen molar-refractivity contribution in [3.05, 3.63) is 0 Å². The summed E-state index contributed by atoms with van der Waals surface area (Å²) in [5.41, 5.74) is -1.70. The molecule has 1 saturated heterocycles. The Kier molecular flexibility index (Phi) is 2.91. The second kappa shape index (κ2) is 4.20. The van der Waals surface area contributed by atoms with Crippen LogP contribution in [0.2, 0.25) is 0 Å². The van der Waals surface area contributed by atoms with E-state index in [1.54, 1.807) is 13.8 Å². The number of hydrogen-bond acceptors (Lipinski definition) is 5. The zero-order chi connectivity index (χ0) is 14.7. The lowest BCUT2D eigenvalue weighted by Crippen LogP contribution is -2.57. The molecular weight excluding hydrogens is 260 g/mol. The predicted octanol–water partition coefficient (Wildman–Crippen LogP) is 1.54. The van der Waals surface area contributed by atoms with Gasteiger partial charge in [0.2, 0.25) is 0 Å². The minimum absolute atomic E-state index is 0.0295. The molecule has 2 bridgehead atoms. The molecule has 5 nitrogen and oxygen atoms in total. The van der Waals surface area contributed by atoms with Gasteiger partial charge in [-0.1, -0.05) is 13.8 Å². The predicted molar refractivity (Wildman–Crippen MR) is 69.7 cm³/mol. The molecule has 4 atom stereocenters. The molecule has 0 amide bonds. The maximum atomic E-state index is 12.7. The number of rotatable bonds is 4. The summed E-state index contributed by atoms with van der Waals surface area (Å²) in [4.78, 5) is 25.3. The standard InChI is InChI=1S/C15H22O5/c1-5-18-12(16)15(13(17)19-6-2)9-7-8(14(15,3)4)10-11(9)20-10/h8-11H,5-7H2,1-4H3. The summed E-state index contributed by atoms with van der Waals surface area (Å²) in [6, 6.07) is 0. The molecule has 1 heterocycles. The molecule has 0 aromatic rings. The topological polar surface area (TPSA) is 65.1 Å². The Morgan fingerprint density at radius 1 is 1.05 bits per heavy atom. The highest BCUT2D eigenvalue weighted by Gasteiger charge is 2.82.